The summed E-state index contributed by atoms with van der Waals surface area (Å²) in [5.41, 5.74) is 1.17. The molecule has 3 nitrogen and oxygen atoms in total. The van der Waals surface area contributed by atoms with Crippen LogP contribution in [0, 0.1) is 0 Å². The summed E-state index contributed by atoms with van der Waals surface area (Å²) in [4.78, 5) is 0.276. The van der Waals surface area contributed by atoms with Gasteiger partial charge in [0.1, 0.15) is 0 Å². The number of halogens is 3. The molecule has 0 bridgehead atoms. The predicted molar refractivity (Wildman–Crippen MR) is 107 cm³/mol. The van der Waals surface area contributed by atoms with E-state index in [1.54, 1.807) is 12.1 Å². The summed E-state index contributed by atoms with van der Waals surface area (Å²) in [5.74, 6) is 0.0620. The summed E-state index contributed by atoms with van der Waals surface area (Å²) in [5, 5.41) is 0. The average molecular weight is 426 g/mol. The topological polar surface area (TPSA) is 37.4 Å². The van der Waals surface area contributed by atoms with Gasteiger partial charge in [-0.1, -0.05) is 45.0 Å². The fourth-order valence-corrected chi connectivity index (χ4v) is 5.12. The van der Waals surface area contributed by atoms with Crippen LogP contribution < -0.4 is 0 Å². The van der Waals surface area contributed by atoms with Gasteiger partial charge >= 0.3 is 6.18 Å². The minimum atomic E-state index is -4.35. The van der Waals surface area contributed by atoms with E-state index in [9.17, 15) is 21.6 Å². The summed E-state index contributed by atoms with van der Waals surface area (Å²) in [6.45, 7) is 6.93. The Morgan fingerprint density at radius 1 is 0.828 bits per heavy atom. The van der Waals surface area contributed by atoms with Crippen LogP contribution in [0.4, 0.5) is 13.2 Å². The Morgan fingerprint density at radius 3 is 1.76 bits per heavy atom. The van der Waals surface area contributed by atoms with Gasteiger partial charge in [0.15, 0.2) is 0 Å². The Kier molecular flexibility index (Phi) is 5.84. The standard InChI is InChI=1S/C22H26F3NO2S/c1-21(2,3)18-8-10-20(11-9-18)29(27,28)26-14-12-17(13-15-26)16-4-6-19(7-5-16)22(23,24)25/h4-11,17H,12-15H2,1-3H3. The van der Waals surface area contributed by atoms with Crippen molar-refractivity contribution in [1.82, 2.24) is 4.31 Å². The summed E-state index contributed by atoms with van der Waals surface area (Å²) in [6, 6.07) is 12.2. The SMILES string of the molecule is CC(C)(C)c1ccc(S(=O)(=O)N2CCC(c3ccc(C(F)(F)F)cc3)CC2)cc1. The molecule has 3 rings (SSSR count). The maximum atomic E-state index is 12.9. The summed E-state index contributed by atoms with van der Waals surface area (Å²) < 4.78 is 65.5. The number of hydrogen-bond donors (Lipinski definition) is 0. The van der Waals surface area contributed by atoms with Crippen LogP contribution in [0.15, 0.2) is 53.4 Å². The molecular weight excluding hydrogens is 399 g/mol. The predicted octanol–water partition coefficient (Wildman–Crippen LogP) is 5.57. The molecule has 1 fully saturated rings. The molecule has 2 aromatic carbocycles. The fraction of sp³-hybridized carbons (Fsp3) is 0.455. The highest BCUT2D eigenvalue weighted by Crippen LogP contribution is 2.34. The van der Waals surface area contributed by atoms with Crippen molar-refractivity contribution in [3.05, 3.63) is 65.2 Å². The van der Waals surface area contributed by atoms with Crippen molar-refractivity contribution >= 4 is 10.0 Å². The Morgan fingerprint density at radius 2 is 1.31 bits per heavy atom. The van der Waals surface area contributed by atoms with Crippen LogP contribution in [-0.4, -0.2) is 25.8 Å². The first-order valence-electron chi connectivity index (χ1n) is 9.67. The van der Waals surface area contributed by atoms with E-state index in [2.05, 4.69) is 20.8 Å². The fourth-order valence-electron chi connectivity index (χ4n) is 3.65. The van der Waals surface area contributed by atoms with Crippen molar-refractivity contribution in [2.45, 2.75) is 56.0 Å². The second-order valence-corrected chi connectivity index (χ2v) is 10.5. The molecule has 29 heavy (non-hydrogen) atoms. The molecule has 0 saturated carbocycles. The Bertz CT molecular complexity index is 936. The lowest BCUT2D eigenvalue weighted by Gasteiger charge is -2.31. The lowest BCUT2D eigenvalue weighted by molar-refractivity contribution is -0.137. The maximum Gasteiger partial charge on any atom is 0.416 e. The van der Waals surface area contributed by atoms with Gasteiger partial charge in [-0.3, -0.25) is 0 Å². The molecule has 0 spiro atoms. The molecular formula is C22H26F3NO2S. The molecule has 7 heteroatoms. The number of alkyl halides is 3. The molecule has 158 valence electrons. The van der Waals surface area contributed by atoms with Gasteiger partial charge in [0.05, 0.1) is 10.5 Å². The van der Waals surface area contributed by atoms with Crippen LogP contribution in [-0.2, 0) is 21.6 Å². The van der Waals surface area contributed by atoms with E-state index in [1.165, 1.54) is 16.4 Å². The van der Waals surface area contributed by atoms with E-state index in [4.69, 9.17) is 0 Å². The average Bonchev–Trinajstić information content (AvgIpc) is 2.67. The molecule has 0 aliphatic carbocycles. The van der Waals surface area contributed by atoms with Crippen LogP contribution in [0.5, 0.6) is 0 Å². The van der Waals surface area contributed by atoms with Crippen LogP contribution in [0.3, 0.4) is 0 Å². The molecule has 0 atom stereocenters. The zero-order chi connectivity index (χ0) is 21.4. The van der Waals surface area contributed by atoms with Crippen molar-refractivity contribution in [2.24, 2.45) is 0 Å². The first kappa shape index (κ1) is 21.8. The first-order chi connectivity index (χ1) is 13.4. The van der Waals surface area contributed by atoms with Gasteiger partial charge in [0.2, 0.25) is 10.0 Å². The number of piperidine rings is 1. The largest absolute Gasteiger partial charge is 0.416 e. The zero-order valence-corrected chi connectivity index (χ0v) is 17.6. The summed E-state index contributed by atoms with van der Waals surface area (Å²) in [6.07, 6.45) is -3.17. The summed E-state index contributed by atoms with van der Waals surface area (Å²) >= 11 is 0. The molecule has 0 radical (unpaired) electrons. The molecule has 0 unspecified atom stereocenters. The quantitative estimate of drug-likeness (QED) is 0.645. The van der Waals surface area contributed by atoms with Gasteiger partial charge < -0.3 is 0 Å². The molecule has 2 aromatic rings. The second-order valence-electron chi connectivity index (χ2n) is 8.57. The number of nitrogens with zero attached hydrogens (tertiary/aromatic N) is 1. The van der Waals surface area contributed by atoms with Gasteiger partial charge in [0.25, 0.3) is 0 Å². The lowest BCUT2D eigenvalue weighted by Crippen LogP contribution is -2.37. The van der Waals surface area contributed by atoms with Gasteiger partial charge in [-0.05, 0) is 59.6 Å². The van der Waals surface area contributed by atoms with Crippen LogP contribution in [0.25, 0.3) is 0 Å². The normalized spacial score (nSPS) is 17.4. The van der Waals surface area contributed by atoms with Gasteiger partial charge in [-0.2, -0.15) is 17.5 Å². The monoisotopic (exact) mass is 425 g/mol. The minimum absolute atomic E-state index is 0.0533. The molecule has 0 aromatic heterocycles. The number of sulfonamides is 1. The second kappa shape index (κ2) is 7.76. The summed E-state index contributed by atoms with van der Waals surface area (Å²) in [7, 11) is -3.57. The molecule has 1 heterocycles. The maximum absolute atomic E-state index is 12.9. The minimum Gasteiger partial charge on any atom is -0.207 e. The van der Waals surface area contributed by atoms with Crippen LogP contribution >= 0.6 is 0 Å². The number of hydrogen-bond acceptors (Lipinski definition) is 2. The van der Waals surface area contributed by atoms with E-state index in [-0.39, 0.29) is 16.2 Å². The molecule has 1 aliphatic heterocycles. The van der Waals surface area contributed by atoms with E-state index < -0.39 is 21.8 Å². The lowest BCUT2D eigenvalue weighted by atomic mass is 9.87. The highest BCUT2D eigenvalue weighted by Gasteiger charge is 2.32. The van der Waals surface area contributed by atoms with Crippen molar-refractivity contribution in [3.63, 3.8) is 0 Å². The third-order valence-electron chi connectivity index (χ3n) is 5.52. The van der Waals surface area contributed by atoms with E-state index in [1.807, 2.05) is 12.1 Å². The first-order valence-corrected chi connectivity index (χ1v) is 11.1. The third kappa shape index (κ3) is 4.83. The van der Waals surface area contributed by atoms with Crippen LogP contribution in [0.1, 0.15) is 56.2 Å². The Balaban J connectivity index is 1.68. The van der Waals surface area contributed by atoms with Crippen molar-refractivity contribution in [3.8, 4) is 0 Å². The van der Waals surface area contributed by atoms with Crippen molar-refractivity contribution < 1.29 is 21.6 Å². The molecule has 0 amide bonds. The van der Waals surface area contributed by atoms with E-state index in [0.717, 1.165) is 23.3 Å². The molecule has 1 saturated heterocycles. The smallest absolute Gasteiger partial charge is 0.207 e. The van der Waals surface area contributed by atoms with E-state index in [0.29, 0.717) is 25.9 Å². The molecule has 1 aliphatic rings. The number of rotatable bonds is 3. The van der Waals surface area contributed by atoms with Gasteiger partial charge in [0, 0.05) is 13.1 Å². The van der Waals surface area contributed by atoms with Gasteiger partial charge in [-0.15, -0.1) is 0 Å². The molecule has 0 N–H and O–H groups in total. The highest BCUT2D eigenvalue weighted by atomic mass is 32.2. The Hall–Kier alpha value is -1.86. The zero-order valence-electron chi connectivity index (χ0n) is 16.8. The Labute approximate surface area is 170 Å². The van der Waals surface area contributed by atoms with Crippen molar-refractivity contribution in [2.75, 3.05) is 13.1 Å². The number of benzene rings is 2. The third-order valence-corrected chi connectivity index (χ3v) is 7.43. The van der Waals surface area contributed by atoms with Crippen molar-refractivity contribution in [1.29, 1.82) is 0 Å². The van der Waals surface area contributed by atoms with E-state index >= 15 is 0 Å². The highest BCUT2D eigenvalue weighted by molar-refractivity contribution is 7.89. The van der Waals surface area contributed by atoms with Gasteiger partial charge in [-0.25, -0.2) is 8.42 Å². The van der Waals surface area contributed by atoms with Crippen LogP contribution in [0.2, 0.25) is 0 Å².